The van der Waals surface area contributed by atoms with Gasteiger partial charge in [-0.05, 0) is 29.7 Å². The van der Waals surface area contributed by atoms with Gasteiger partial charge in [0.25, 0.3) is 5.91 Å². The van der Waals surface area contributed by atoms with Crippen LogP contribution in [0.15, 0.2) is 48.5 Å². The molecule has 4 nitrogen and oxygen atoms in total. The molecule has 2 aromatic rings. The number of halogens is 1. The smallest absolute Gasteiger partial charge is 0.261 e. The molecule has 0 saturated carbocycles. The monoisotopic (exact) mass is 368 g/mol. The second kappa shape index (κ2) is 8.68. The van der Waals surface area contributed by atoms with Crippen LogP contribution in [0.2, 0.25) is 0 Å². The summed E-state index contributed by atoms with van der Waals surface area (Å²) in [6.07, 6.45) is -0.754. The van der Waals surface area contributed by atoms with Gasteiger partial charge in [-0.2, -0.15) is 5.26 Å². The Hall–Kier alpha value is -2.87. The van der Waals surface area contributed by atoms with Crippen LogP contribution in [0.25, 0.3) is 0 Å². The highest BCUT2D eigenvalue weighted by atomic mass is 19.1. The molecular weight excluding hydrogens is 343 g/mol. The molecule has 0 aliphatic carbocycles. The van der Waals surface area contributed by atoms with E-state index in [9.17, 15) is 14.4 Å². The third kappa shape index (κ3) is 5.07. The van der Waals surface area contributed by atoms with E-state index in [2.05, 4.69) is 11.4 Å². The van der Waals surface area contributed by atoms with Crippen molar-refractivity contribution in [1.29, 1.82) is 5.26 Å². The summed E-state index contributed by atoms with van der Waals surface area (Å²) in [6, 6.07) is 15.4. The van der Waals surface area contributed by atoms with Crippen molar-refractivity contribution in [2.75, 3.05) is 6.54 Å². The van der Waals surface area contributed by atoms with Gasteiger partial charge >= 0.3 is 0 Å². The molecule has 2 aromatic carbocycles. The highest BCUT2D eigenvalue weighted by Gasteiger charge is 2.29. The van der Waals surface area contributed by atoms with Gasteiger partial charge in [-0.15, -0.1) is 0 Å². The first kappa shape index (κ1) is 20.4. The second-order valence-electron chi connectivity index (χ2n) is 7.47. The molecule has 1 unspecified atom stereocenters. The predicted molar refractivity (Wildman–Crippen MR) is 103 cm³/mol. The molecule has 0 aromatic heterocycles. The van der Waals surface area contributed by atoms with Crippen molar-refractivity contribution in [1.82, 2.24) is 5.32 Å². The molecule has 0 saturated heterocycles. The normalized spacial score (nSPS) is 12.3. The van der Waals surface area contributed by atoms with Gasteiger partial charge in [0.05, 0.1) is 5.56 Å². The van der Waals surface area contributed by atoms with Crippen LogP contribution in [-0.4, -0.2) is 18.6 Å². The molecule has 142 valence electrons. The van der Waals surface area contributed by atoms with Crippen molar-refractivity contribution in [2.45, 2.75) is 39.2 Å². The minimum Gasteiger partial charge on any atom is -0.479 e. The lowest BCUT2D eigenvalue weighted by Gasteiger charge is -2.28. The molecule has 1 amide bonds. The Morgan fingerprint density at radius 1 is 1.19 bits per heavy atom. The van der Waals surface area contributed by atoms with Gasteiger partial charge in [0, 0.05) is 12.0 Å². The molecule has 1 N–H and O–H groups in total. The molecule has 0 radical (unpaired) electrons. The van der Waals surface area contributed by atoms with Crippen molar-refractivity contribution in [2.24, 2.45) is 5.92 Å². The van der Waals surface area contributed by atoms with Crippen LogP contribution in [0, 0.1) is 23.1 Å². The van der Waals surface area contributed by atoms with Crippen LogP contribution in [0.1, 0.15) is 38.8 Å². The summed E-state index contributed by atoms with van der Waals surface area (Å²) in [7, 11) is 0. The average Bonchev–Trinajstić information content (AvgIpc) is 2.64. The van der Waals surface area contributed by atoms with E-state index in [1.54, 1.807) is 42.5 Å². The molecule has 0 bridgehead atoms. The van der Waals surface area contributed by atoms with Crippen LogP contribution < -0.4 is 10.1 Å². The molecule has 0 heterocycles. The van der Waals surface area contributed by atoms with Gasteiger partial charge in [-0.3, -0.25) is 4.79 Å². The lowest BCUT2D eigenvalue weighted by Crippen LogP contribution is -2.46. The molecule has 0 fully saturated rings. The first-order chi connectivity index (χ1) is 12.8. The lowest BCUT2D eigenvalue weighted by molar-refractivity contribution is -0.130. The zero-order valence-electron chi connectivity index (χ0n) is 16.1. The number of hydrogen-bond donors (Lipinski definition) is 1. The number of carbonyl (C=O) groups excluding carboxylic acids is 1. The van der Waals surface area contributed by atoms with Gasteiger partial charge in [0.15, 0.2) is 6.10 Å². The topological polar surface area (TPSA) is 62.1 Å². The van der Waals surface area contributed by atoms with Crippen LogP contribution in [-0.2, 0) is 10.2 Å². The Labute approximate surface area is 160 Å². The van der Waals surface area contributed by atoms with Crippen LogP contribution in [0.4, 0.5) is 4.39 Å². The lowest BCUT2D eigenvalue weighted by atomic mass is 9.84. The van der Waals surface area contributed by atoms with E-state index < -0.39 is 11.5 Å². The number of nitrogens with zero attached hydrogens (tertiary/aromatic N) is 1. The predicted octanol–water partition coefficient (Wildman–Crippen LogP) is 4.19. The zero-order valence-corrected chi connectivity index (χ0v) is 16.1. The van der Waals surface area contributed by atoms with Gasteiger partial charge in [0.1, 0.15) is 17.6 Å². The largest absolute Gasteiger partial charge is 0.479 e. The van der Waals surface area contributed by atoms with E-state index in [0.717, 1.165) is 0 Å². The molecule has 27 heavy (non-hydrogen) atoms. The van der Waals surface area contributed by atoms with Gasteiger partial charge in [0.2, 0.25) is 0 Å². The molecular formula is C22H25FN2O2. The number of amides is 1. The van der Waals surface area contributed by atoms with Crippen LogP contribution in [0.3, 0.4) is 0 Å². The SMILES string of the molecule is CC(C)C(Oc1ccccc1C#N)C(=O)NCC(C)(C)c1ccccc1F. The summed E-state index contributed by atoms with van der Waals surface area (Å²) >= 11 is 0. The van der Waals surface area contributed by atoms with Gasteiger partial charge < -0.3 is 10.1 Å². The van der Waals surface area contributed by atoms with E-state index in [0.29, 0.717) is 16.9 Å². The Balaban J connectivity index is 2.11. The average molecular weight is 368 g/mol. The fraction of sp³-hybridized carbons (Fsp3) is 0.364. The van der Waals surface area contributed by atoms with E-state index in [1.165, 1.54) is 6.07 Å². The maximum Gasteiger partial charge on any atom is 0.261 e. The summed E-state index contributed by atoms with van der Waals surface area (Å²) in [5, 5.41) is 12.1. The molecule has 5 heteroatoms. The summed E-state index contributed by atoms with van der Waals surface area (Å²) in [4.78, 5) is 12.7. The Morgan fingerprint density at radius 2 is 1.81 bits per heavy atom. The van der Waals surface area contributed by atoms with Gasteiger partial charge in [-0.1, -0.05) is 58.0 Å². The van der Waals surface area contributed by atoms with Crippen molar-refractivity contribution < 1.29 is 13.9 Å². The van der Waals surface area contributed by atoms with Crippen LogP contribution in [0.5, 0.6) is 5.75 Å². The van der Waals surface area contributed by atoms with E-state index in [4.69, 9.17) is 4.74 Å². The van der Waals surface area contributed by atoms with Crippen molar-refractivity contribution in [3.05, 3.63) is 65.5 Å². The summed E-state index contributed by atoms with van der Waals surface area (Å²) in [5.74, 6) is -0.311. The standard InChI is InChI=1S/C22H25FN2O2/c1-15(2)20(27-19-12-8-5-9-16(19)13-24)21(26)25-14-22(3,4)17-10-6-7-11-18(17)23/h5-12,15,20H,14H2,1-4H3,(H,25,26). The van der Waals surface area contributed by atoms with E-state index in [-0.39, 0.29) is 24.2 Å². The van der Waals surface area contributed by atoms with Crippen molar-refractivity contribution in [3.8, 4) is 11.8 Å². The number of rotatable bonds is 7. The summed E-state index contributed by atoms with van der Waals surface area (Å²) in [6.45, 7) is 7.77. The number of nitriles is 1. The Bertz CT molecular complexity index is 840. The molecule has 2 rings (SSSR count). The third-order valence-electron chi connectivity index (χ3n) is 4.43. The maximum atomic E-state index is 14.1. The minimum atomic E-state index is -0.754. The maximum absolute atomic E-state index is 14.1. The first-order valence-electron chi connectivity index (χ1n) is 8.95. The number of para-hydroxylation sites is 1. The fourth-order valence-corrected chi connectivity index (χ4v) is 2.80. The van der Waals surface area contributed by atoms with Crippen molar-refractivity contribution in [3.63, 3.8) is 0 Å². The highest BCUT2D eigenvalue weighted by Crippen LogP contribution is 2.25. The Morgan fingerprint density at radius 3 is 2.44 bits per heavy atom. The highest BCUT2D eigenvalue weighted by molar-refractivity contribution is 5.81. The quantitative estimate of drug-likeness (QED) is 0.797. The zero-order chi connectivity index (χ0) is 20.0. The number of nitrogens with one attached hydrogen (secondary N) is 1. The number of benzene rings is 2. The van der Waals surface area contributed by atoms with E-state index in [1.807, 2.05) is 27.7 Å². The third-order valence-corrected chi connectivity index (χ3v) is 4.43. The Kier molecular flexibility index (Phi) is 6.57. The molecule has 0 spiro atoms. The molecule has 1 atom stereocenters. The molecule has 0 aliphatic heterocycles. The number of ether oxygens (including phenoxy) is 1. The fourth-order valence-electron chi connectivity index (χ4n) is 2.80. The van der Waals surface area contributed by atoms with Crippen LogP contribution >= 0.6 is 0 Å². The molecule has 0 aliphatic rings. The first-order valence-corrected chi connectivity index (χ1v) is 8.95. The van der Waals surface area contributed by atoms with Gasteiger partial charge in [-0.25, -0.2) is 4.39 Å². The summed E-state index contributed by atoms with van der Waals surface area (Å²) in [5.41, 5.74) is 0.345. The number of hydrogen-bond acceptors (Lipinski definition) is 3. The second-order valence-corrected chi connectivity index (χ2v) is 7.47. The number of carbonyl (C=O) groups is 1. The van der Waals surface area contributed by atoms with E-state index >= 15 is 0 Å². The van der Waals surface area contributed by atoms with Crippen molar-refractivity contribution >= 4 is 5.91 Å². The minimum absolute atomic E-state index is 0.103. The summed E-state index contributed by atoms with van der Waals surface area (Å²) < 4.78 is 19.9.